The summed E-state index contributed by atoms with van der Waals surface area (Å²) >= 11 is 0. The van der Waals surface area contributed by atoms with E-state index in [0.717, 1.165) is 30.5 Å². The van der Waals surface area contributed by atoms with Crippen LogP contribution < -0.4 is 5.32 Å². The minimum Gasteiger partial charge on any atom is -0.350 e. The number of rotatable bonds is 2. The molecule has 4 nitrogen and oxygen atoms in total. The molecule has 0 aliphatic carbocycles. The average Bonchev–Trinajstić information content (AvgIpc) is 2.96. The number of fused-ring (bicyclic) bond motifs is 2. The monoisotopic (exact) mass is 436 g/mol. The summed E-state index contributed by atoms with van der Waals surface area (Å²) in [6.07, 6.45) is 4.46. The van der Waals surface area contributed by atoms with E-state index in [-0.39, 0.29) is 30.0 Å². The highest BCUT2D eigenvalue weighted by Gasteiger charge is 2.33. The Kier molecular flexibility index (Phi) is 5.27. The quantitative estimate of drug-likeness (QED) is 0.725. The zero-order valence-electron chi connectivity index (χ0n) is 14.3. The van der Waals surface area contributed by atoms with Crippen molar-refractivity contribution < 1.29 is 0 Å². The van der Waals surface area contributed by atoms with Crippen LogP contribution in [0.1, 0.15) is 38.3 Å². The highest BCUT2D eigenvalue weighted by molar-refractivity contribution is 14.0. The van der Waals surface area contributed by atoms with Crippen molar-refractivity contribution in [2.24, 2.45) is 10.9 Å². The minimum absolute atomic E-state index is 0. The lowest BCUT2D eigenvalue weighted by atomic mass is 9.95. The van der Waals surface area contributed by atoms with Gasteiger partial charge in [-0.3, -0.25) is 9.98 Å². The Balaban J connectivity index is 0.00000169. The van der Waals surface area contributed by atoms with Crippen LogP contribution >= 0.6 is 24.0 Å². The Hall–Kier alpha value is -1.37. The summed E-state index contributed by atoms with van der Waals surface area (Å²) < 4.78 is 0. The number of aromatic nitrogens is 1. The van der Waals surface area contributed by atoms with Crippen molar-refractivity contribution >= 4 is 40.8 Å². The Bertz CT molecular complexity index is 740. The van der Waals surface area contributed by atoms with Gasteiger partial charge in [0, 0.05) is 23.7 Å². The summed E-state index contributed by atoms with van der Waals surface area (Å²) in [5.41, 5.74) is 2.32. The highest BCUT2D eigenvalue weighted by Crippen LogP contribution is 2.27. The van der Waals surface area contributed by atoms with Gasteiger partial charge in [-0.2, -0.15) is 0 Å². The van der Waals surface area contributed by atoms with E-state index in [1.807, 2.05) is 12.3 Å². The normalized spacial score (nSPS) is 24.1. The third kappa shape index (κ3) is 3.23. The summed E-state index contributed by atoms with van der Waals surface area (Å²) in [5, 5.41) is 4.83. The second kappa shape index (κ2) is 7.25. The van der Waals surface area contributed by atoms with Crippen LogP contribution in [0.4, 0.5) is 0 Å². The second-order valence-electron chi connectivity index (χ2n) is 6.94. The highest BCUT2D eigenvalue weighted by atomic mass is 127. The fraction of sp³-hybridized carbons (Fsp3) is 0.474. The van der Waals surface area contributed by atoms with Gasteiger partial charge in [0.1, 0.15) is 0 Å². The molecule has 4 rings (SSSR count). The van der Waals surface area contributed by atoms with Gasteiger partial charge in [0.25, 0.3) is 0 Å². The fourth-order valence-corrected chi connectivity index (χ4v) is 3.82. The molecule has 0 radical (unpaired) electrons. The van der Waals surface area contributed by atoms with E-state index in [4.69, 9.17) is 4.99 Å². The van der Waals surface area contributed by atoms with E-state index in [2.05, 4.69) is 53.3 Å². The lowest BCUT2D eigenvalue weighted by molar-refractivity contribution is 0.210. The fourth-order valence-electron chi connectivity index (χ4n) is 3.82. The topological polar surface area (TPSA) is 40.5 Å². The third-order valence-corrected chi connectivity index (χ3v) is 5.14. The van der Waals surface area contributed by atoms with E-state index in [1.165, 1.54) is 23.8 Å². The summed E-state index contributed by atoms with van der Waals surface area (Å²) in [6, 6.07) is 11.3. The van der Waals surface area contributed by atoms with E-state index in [9.17, 15) is 0 Å². The van der Waals surface area contributed by atoms with Crippen molar-refractivity contribution in [1.82, 2.24) is 15.2 Å². The number of piperidine rings is 1. The number of hydrogen-bond acceptors (Lipinski definition) is 4. The van der Waals surface area contributed by atoms with Crippen LogP contribution in [-0.4, -0.2) is 35.0 Å². The van der Waals surface area contributed by atoms with Crippen molar-refractivity contribution in [3.8, 4) is 0 Å². The van der Waals surface area contributed by atoms with Crippen LogP contribution in [0.25, 0.3) is 10.9 Å². The number of nitrogens with zero attached hydrogens (tertiary/aromatic N) is 3. The second-order valence-corrected chi connectivity index (χ2v) is 6.94. The zero-order chi connectivity index (χ0) is 15.8. The van der Waals surface area contributed by atoms with Crippen molar-refractivity contribution in [3.05, 3.63) is 42.1 Å². The van der Waals surface area contributed by atoms with Gasteiger partial charge < -0.3 is 10.2 Å². The first-order chi connectivity index (χ1) is 11.2. The van der Waals surface area contributed by atoms with Crippen LogP contribution in [0.15, 0.2) is 41.5 Å². The van der Waals surface area contributed by atoms with Crippen molar-refractivity contribution in [1.29, 1.82) is 0 Å². The van der Waals surface area contributed by atoms with Crippen LogP contribution in [0.5, 0.6) is 0 Å². The summed E-state index contributed by atoms with van der Waals surface area (Å²) in [4.78, 5) is 11.8. The molecule has 0 spiro atoms. The Morgan fingerprint density at radius 3 is 2.92 bits per heavy atom. The molecular formula is C19H25IN4. The molecule has 0 bridgehead atoms. The number of pyridine rings is 1. The van der Waals surface area contributed by atoms with Crippen LogP contribution in [0, 0.1) is 5.92 Å². The molecule has 0 saturated carbocycles. The molecule has 3 atom stereocenters. The lowest BCUT2D eigenvalue weighted by Gasteiger charge is -2.36. The SMILES string of the molecule is CC1CCC2CN=C(NC(C)c3cccc4cccnc34)N2C1.I. The molecule has 128 valence electrons. The third-order valence-electron chi connectivity index (χ3n) is 5.14. The number of para-hydroxylation sites is 1. The molecule has 2 aromatic rings. The predicted molar refractivity (Wildman–Crippen MR) is 110 cm³/mol. The van der Waals surface area contributed by atoms with Gasteiger partial charge in [-0.25, -0.2) is 0 Å². The molecule has 0 amide bonds. The molecule has 2 aliphatic heterocycles. The number of nitrogens with one attached hydrogen (secondary N) is 1. The molecule has 1 aromatic heterocycles. The molecule has 3 heterocycles. The molecule has 1 saturated heterocycles. The summed E-state index contributed by atoms with van der Waals surface area (Å²) in [6.45, 7) is 6.60. The largest absolute Gasteiger partial charge is 0.350 e. The first-order valence-corrected chi connectivity index (χ1v) is 8.63. The van der Waals surface area contributed by atoms with Gasteiger partial charge in [-0.05, 0) is 31.7 Å². The first kappa shape index (κ1) is 17.5. The number of guanidine groups is 1. The van der Waals surface area contributed by atoms with E-state index in [0.29, 0.717) is 6.04 Å². The maximum Gasteiger partial charge on any atom is 0.194 e. The molecule has 1 fully saturated rings. The lowest BCUT2D eigenvalue weighted by Crippen LogP contribution is -2.48. The number of benzene rings is 1. The molecule has 1 aromatic carbocycles. The van der Waals surface area contributed by atoms with Crippen molar-refractivity contribution in [3.63, 3.8) is 0 Å². The van der Waals surface area contributed by atoms with Crippen LogP contribution in [0.3, 0.4) is 0 Å². The van der Waals surface area contributed by atoms with E-state index in [1.54, 1.807) is 0 Å². The molecule has 1 N–H and O–H groups in total. The maximum absolute atomic E-state index is 4.77. The first-order valence-electron chi connectivity index (χ1n) is 8.63. The van der Waals surface area contributed by atoms with Crippen LogP contribution in [-0.2, 0) is 0 Å². The Labute approximate surface area is 160 Å². The maximum atomic E-state index is 4.77. The van der Waals surface area contributed by atoms with Gasteiger partial charge in [0.15, 0.2) is 5.96 Å². The number of hydrogen-bond donors (Lipinski definition) is 1. The van der Waals surface area contributed by atoms with E-state index < -0.39 is 0 Å². The van der Waals surface area contributed by atoms with Gasteiger partial charge in [-0.1, -0.05) is 31.2 Å². The Morgan fingerprint density at radius 1 is 1.21 bits per heavy atom. The van der Waals surface area contributed by atoms with Gasteiger partial charge in [0.2, 0.25) is 0 Å². The average molecular weight is 436 g/mol. The summed E-state index contributed by atoms with van der Waals surface area (Å²) in [7, 11) is 0. The smallest absolute Gasteiger partial charge is 0.194 e. The van der Waals surface area contributed by atoms with Gasteiger partial charge in [0.05, 0.1) is 24.1 Å². The van der Waals surface area contributed by atoms with Gasteiger partial charge >= 0.3 is 0 Å². The number of aliphatic imine (C=N–C) groups is 1. The Morgan fingerprint density at radius 2 is 2.04 bits per heavy atom. The van der Waals surface area contributed by atoms with Crippen molar-refractivity contribution in [2.75, 3.05) is 13.1 Å². The molecule has 5 heteroatoms. The molecule has 2 aliphatic rings. The van der Waals surface area contributed by atoms with Crippen LogP contribution in [0.2, 0.25) is 0 Å². The van der Waals surface area contributed by atoms with Gasteiger partial charge in [-0.15, -0.1) is 24.0 Å². The standard InChI is InChI=1S/C19H24N4.HI/c1-13-8-9-16-11-21-19(23(16)12-13)22-14(2)17-7-3-5-15-6-4-10-20-18(15)17;/h3-7,10,13-14,16H,8-9,11-12H2,1-2H3,(H,21,22);1H. The predicted octanol–water partition coefficient (Wildman–Crippen LogP) is 3.97. The van der Waals surface area contributed by atoms with E-state index >= 15 is 0 Å². The summed E-state index contributed by atoms with van der Waals surface area (Å²) in [5.74, 6) is 1.83. The molecule has 3 unspecified atom stereocenters. The molecule has 24 heavy (non-hydrogen) atoms. The van der Waals surface area contributed by atoms with Crippen molar-refractivity contribution in [2.45, 2.75) is 38.8 Å². The minimum atomic E-state index is 0. The number of halogens is 1. The zero-order valence-corrected chi connectivity index (χ0v) is 16.6. The molecular weight excluding hydrogens is 411 g/mol.